The standard InChI is InChI=1S/C12H15BF2O2/c1-11(2)12(3,4)17-13(16-11)10-8(14)6-5-7-9(10)15/h5-7H,1-4H3. The van der Waals surface area contributed by atoms with Crippen LogP contribution in [-0.2, 0) is 9.31 Å². The van der Waals surface area contributed by atoms with E-state index < -0.39 is 30.0 Å². The van der Waals surface area contributed by atoms with Gasteiger partial charge in [-0.25, -0.2) is 8.78 Å². The van der Waals surface area contributed by atoms with Crippen molar-refractivity contribution in [2.24, 2.45) is 0 Å². The molecule has 1 saturated heterocycles. The van der Waals surface area contributed by atoms with E-state index in [1.807, 2.05) is 27.7 Å². The molecule has 1 heterocycles. The van der Waals surface area contributed by atoms with E-state index in [-0.39, 0.29) is 5.46 Å². The van der Waals surface area contributed by atoms with E-state index in [0.29, 0.717) is 0 Å². The lowest BCUT2D eigenvalue weighted by atomic mass is 9.78. The Hall–Kier alpha value is -0.935. The molecule has 5 heteroatoms. The summed E-state index contributed by atoms with van der Waals surface area (Å²) in [6.07, 6.45) is 0. The maximum absolute atomic E-state index is 13.6. The van der Waals surface area contributed by atoms with Crippen molar-refractivity contribution in [3.63, 3.8) is 0 Å². The van der Waals surface area contributed by atoms with Gasteiger partial charge in [0.15, 0.2) is 0 Å². The van der Waals surface area contributed by atoms with Crippen LogP contribution in [0.25, 0.3) is 0 Å². The number of rotatable bonds is 1. The largest absolute Gasteiger partial charge is 0.500 e. The normalized spacial score (nSPS) is 21.9. The van der Waals surface area contributed by atoms with Gasteiger partial charge < -0.3 is 9.31 Å². The average Bonchev–Trinajstić information content (AvgIpc) is 2.35. The monoisotopic (exact) mass is 240 g/mol. The number of halogens is 2. The van der Waals surface area contributed by atoms with Crippen molar-refractivity contribution < 1.29 is 18.1 Å². The topological polar surface area (TPSA) is 18.5 Å². The minimum absolute atomic E-state index is 0.161. The fourth-order valence-corrected chi connectivity index (χ4v) is 1.70. The second kappa shape index (κ2) is 3.78. The molecule has 1 aromatic rings. The molecule has 1 aromatic carbocycles. The lowest BCUT2D eigenvalue weighted by Crippen LogP contribution is -2.41. The molecule has 0 atom stereocenters. The van der Waals surface area contributed by atoms with E-state index in [9.17, 15) is 8.78 Å². The van der Waals surface area contributed by atoms with E-state index in [1.165, 1.54) is 18.2 Å². The predicted octanol–water partition coefficient (Wildman–Crippen LogP) is 2.26. The van der Waals surface area contributed by atoms with Gasteiger partial charge in [-0.3, -0.25) is 0 Å². The molecule has 0 N–H and O–H groups in total. The van der Waals surface area contributed by atoms with Gasteiger partial charge in [0.2, 0.25) is 0 Å². The van der Waals surface area contributed by atoms with Crippen LogP contribution in [0.3, 0.4) is 0 Å². The third-order valence-electron chi connectivity index (χ3n) is 3.49. The van der Waals surface area contributed by atoms with Gasteiger partial charge >= 0.3 is 7.12 Å². The Balaban J connectivity index is 2.39. The van der Waals surface area contributed by atoms with E-state index in [1.54, 1.807) is 0 Å². The van der Waals surface area contributed by atoms with Crippen LogP contribution in [0, 0.1) is 11.6 Å². The molecule has 0 unspecified atom stereocenters. The zero-order valence-corrected chi connectivity index (χ0v) is 10.4. The first-order valence-electron chi connectivity index (χ1n) is 5.54. The molecule has 0 radical (unpaired) electrons. The second-order valence-electron chi connectivity index (χ2n) is 5.22. The van der Waals surface area contributed by atoms with Crippen molar-refractivity contribution in [2.75, 3.05) is 0 Å². The van der Waals surface area contributed by atoms with Gasteiger partial charge in [0.05, 0.1) is 16.7 Å². The highest BCUT2D eigenvalue weighted by Gasteiger charge is 2.53. The molecule has 0 bridgehead atoms. The summed E-state index contributed by atoms with van der Waals surface area (Å²) in [7, 11) is -0.999. The predicted molar refractivity (Wildman–Crippen MR) is 62.1 cm³/mol. The number of benzene rings is 1. The third-order valence-corrected chi connectivity index (χ3v) is 3.49. The molecule has 0 aliphatic carbocycles. The number of hydrogen-bond acceptors (Lipinski definition) is 2. The van der Waals surface area contributed by atoms with E-state index in [2.05, 4.69) is 0 Å². The maximum atomic E-state index is 13.6. The highest BCUT2D eigenvalue weighted by molar-refractivity contribution is 6.62. The summed E-state index contributed by atoms with van der Waals surface area (Å²) >= 11 is 0. The molecule has 92 valence electrons. The maximum Gasteiger partial charge on any atom is 0.500 e. The van der Waals surface area contributed by atoms with Gasteiger partial charge in [0.1, 0.15) is 11.6 Å². The molecule has 17 heavy (non-hydrogen) atoms. The summed E-state index contributed by atoms with van der Waals surface area (Å²) < 4.78 is 38.4. The quantitative estimate of drug-likeness (QED) is 0.701. The lowest BCUT2D eigenvalue weighted by molar-refractivity contribution is 0.00578. The van der Waals surface area contributed by atoms with Crippen LogP contribution in [0.5, 0.6) is 0 Å². The first-order chi connectivity index (χ1) is 7.74. The van der Waals surface area contributed by atoms with Gasteiger partial charge in [-0.2, -0.15) is 0 Å². The number of hydrogen-bond donors (Lipinski definition) is 0. The zero-order chi connectivity index (χ0) is 12.8. The molecule has 1 aliphatic heterocycles. The van der Waals surface area contributed by atoms with Crippen LogP contribution in [-0.4, -0.2) is 18.3 Å². The molecule has 0 amide bonds. The van der Waals surface area contributed by atoms with Gasteiger partial charge in [0, 0.05) is 0 Å². The van der Waals surface area contributed by atoms with Gasteiger partial charge in [-0.05, 0) is 39.8 Å². The Morgan fingerprint density at radius 1 is 0.941 bits per heavy atom. The summed E-state index contributed by atoms with van der Waals surface area (Å²) in [5.74, 6) is -1.30. The van der Waals surface area contributed by atoms with Gasteiger partial charge in [-0.1, -0.05) is 6.07 Å². The highest BCUT2D eigenvalue weighted by atomic mass is 19.1. The van der Waals surface area contributed by atoms with Crippen LogP contribution in [0.2, 0.25) is 0 Å². The van der Waals surface area contributed by atoms with E-state index in [0.717, 1.165) is 0 Å². The SMILES string of the molecule is CC1(C)OB(c2c(F)cccc2F)OC1(C)C. The van der Waals surface area contributed by atoms with Crippen molar-refractivity contribution in [3.05, 3.63) is 29.8 Å². The summed E-state index contributed by atoms with van der Waals surface area (Å²) in [4.78, 5) is 0. The molecular formula is C12H15BF2O2. The third kappa shape index (κ3) is 1.98. The van der Waals surface area contributed by atoms with Crippen LogP contribution in [0.1, 0.15) is 27.7 Å². The first kappa shape index (κ1) is 12.5. The van der Waals surface area contributed by atoms with Crippen molar-refractivity contribution in [1.29, 1.82) is 0 Å². The van der Waals surface area contributed by atoms with Crippen molar-refractivity contribution in [1.82, 2.24) is 0 Å². The fraction of sp³-hybridized carbons (Fsp3) is 0.500. The van der Waals surface area contributed by atoms with Crippen LogP contribution in [0.15, 0.2) is 18.2 Å². The Bertz CT molecular complexity index is 410. The smallest absolute Gasteiger partial charge is 0.399 e. The summed E-state index contributed by atoms with van der Waals surface area (Å²) in [6, 6.07) is 3.71. The van der Waals surface area contributed by atoms with Crippen molar-refractivity contribution >= 4 is 12.6 Å². The van der Waals surface area contributed by atoms with Crippen LogP contribution in [0.4, 0.5) is 8.78 Å². The zero-order valence-electron chi connectivity index (χ0n) is 10.4. The van der Waals surface area contributed by atoms with Crippen molar-refractivity contribution in [2.45, 2.75) is 38.9 Å². The Morgan fingerprint density at radius 3 is 1.76 bits per heavy atom. The second-order valence-corrected chi connectivity index (χ2v) is 5.22. The van der Waals surface area contributed by atoms with Crippen LogP contribution < -0.4 is 5.46 Å². The van der Waals surface area contributed by atoms with Crippen LogP contribution >= 0.6 is 0 Å². The lowest BCUT2D eigenvalue weighted by Gasteiger charge is -2.32. The fourth-order valence-electron chi connectivity index (χ4n) is 1.70. The molecular weight excluding hydrogens is 225 g/mol. The summed E-state index contributed by atoms with van der Waals surface area (Å²) in [5, 5.41) is 0. The first-order valence-corrected chi connectivity index (χ1v) is 5.54. The highest BCUT2D eigenvalue weighted by Crippen LogP contribution is 2.36. The molecule has 1 fully saturated rings. The molecule has 2 rings (SSSR count). The minimum Gasteiger partial charge on any atom is -0.399 e. The molecule has 0 spiro atoms. The summed E-state index contributed by atoms with van der Waals surface area (Å²) in [6.45, 7) is 7.36. The van der Waals surface area contributed by atoms with Gasteiger partial charge in [-0.15, -0.1) is 0 Å². The summed E-state index contributed by atoms with van der Waals surface area (Å²) in [5.41, 5.74) is -1.37. The average molecular weight is 240 g/mol. The minimum atomic E-state index is -0.999. The van der Waals surface area contributed by atoms with E-state index >= 15 is 0 Å². The van der Waals surface area contributed by atoms with E-state index in [4.69, 9.17) is 9.31 Å². The molecule has 0 aromatic heterocycles. The Labute approximate surface area is 100 Å². The molecule has 0 saturated carbocycles. The Morgan fingerprint density at radius 2 is 1.35 bits per heavy atom. The molecule has 2 nitrogen and oxygen atoms in total. The Kier molecular flexibility index (Phi) is 2.79. The van der Waals surface area contributed by atoms with Gasteiger partial charge in [0.25, 0.3) is 0 Å². The van der Waals surface area contributed by atoms with Crippen molar-refractivity contribution in [3.8, 4) is 0 Å². The molecule has 1 aliphatic rings.